The Morgan fingerprint density at radius 2 is 1.92 bits per heavy atom. The number of nitrogens with one attached hydrogen (secondary N) is 1. The molecule has 0 spiro atoms. The highest BCUT2D eigenvalue weighted by atomic mass is 16.6. The topological polar surface area (TPSA) is 75.6 Å². The van der Waals surface area contributed by atoms with Gasteiger partial charge in [0.05, 0.1) is 5.92 Å². The van der Waals surface area contributed by atoms with Crippen molar-refractivity contribution in [3.05, 3.63) is 11.6 Å². The van der Waals surface area contributed by atoms with Gasteiger partial charge in [-0.3, -0.25) is 4.79 Å². The molecule has 5 heteroatoms. The zero-order valence-corrected chi connectivity index (χ0v) is 16.6. The van der Waals surface area contributed by atoms with Crippen LogP contribution in [0.15, 0.2) is 11.6 Å². The van der Waals surface area contributed by atoms with Crippen LogP contribution in [0, 0.1) is 28.6 Å². The summed E-state index contributed by atoms with van der Waals surface area (Å²) in [6.45, 7) is 13.8. The maximum atomic E-state index is 12.2. The highest BCUT2D eigenvalue weighted by Crippen LogP contribution is 2.64. The quantitative estimate of drug-likeness (QED) is 0.743. The van der Waals surface area contributed by atoms with Crippen LogP contribution in [0.1, 0.15) is 61.3 Å². The monoisotopic (exact) mass is 351 g/mol. The molecule has 0 aromatic rings. The third-order valence-corrected chi connectivity index (χ3v) is 5.51. The van der Waals surface area contributed by atoms with E-state index in [1.165, 1.54) is 5.57 Å². The molecule has 0 bridgehead atoms. The highest BCUT2D eigenvalue weighted by Gasteiger charge is 2.62. The summed E-state index contributed by atoms with van der Waals surface area (Å²) in [4.78, 5) is 24.3. The third kappa shape index (κ3) is 4.01. The Bertz CT molecular complexity index is 581. The summed E-state index contributed by atoms with van der Waals surface area (Å²) in [5, 5.41) is 12.8. The number of rotatable bonds is 4. The molecule has 0 aromatic carbocycles. The van der Waals surface area contributed by atoms with Crippen LogP contribution in [0.25, 0.3) is 0 Å². The van der Waals surface area contributed by atoms with Gasteiger partial charge in [-0.05, 0) is 57.8 Å². The molecule has 2 aliphatic rings. The minimum Gasteiger partial charge on any atom is -0.481 e. The second-order valence-corrected chi connectivity index (χ2v) is 9.93. The lowest BCUT2D eigenvalue weighted by Gasteiger charge is -2.58. The summed E-state index contributed by atoms with van der Waals surface area (Å²) >= 11 is 0. The molecule has 0 saturated heterocycles. The lowest BCUT2D eigenvalue weighted by Crippen LogP contribution is -2.61. The fraction of sp³-hybridized carbons (Fsp3) is 0.800. The number of carboxylic acids is 1. The van der Waals surface area contributed by atoms with E-state index in [1.54, 1.807) is 0 Å². The van der Waals surface area contributed by atoms with Gasteiger partial charge in [0.2, 0.25) is 0 Å². The van der Waals surface area contributed by atoms with Crippen molar-refractivity contribution in [2.24, 2.45) is 28.6 Å². The first kappa shape index (κ1) is 19.8. The SMILES string of the molecule is CC1=C[C@@H]2[C@H](C1)C[C@@]2(CNC(=O)OC(C)(C)C)C(C(=O)O)C(C)(C)C. The lowest BCUT2D eigenvalue weighted by atomic mass is 9.46. The number of alkyl carbamates (subject to hydrolysis) is 1. The van der Waals surface area contributed by atoms with Gasteiger partial charge in [0.25, 0.3) is 0 Å². The Morgan fingerprint density at radius 1 is 1.32 bits per heavy atom. The Kier molecular flexibility index (Phi) is 5.01. The van der Waals surface area contributed by atoms with Crippen molar-refractivity contribution in [2.75, 3.05) is 6.54 Å². The molecule has 5 nitrogen and oxygen atoms in total. The Balaban J connectivity index is 2.26. The average Bonchev–Trinajstić information content (AvgIpc) is 2.67. The molecule has 0 heterocycles. The van der Waals surface area contributed by atoms with Gasteiger partial charge in [-0.2, -0.15) is 0 Å². The zero-order chi connectivity index (χ0) is 19.2. The first-order valence-corrected chi connectivity index (χ1v) is 9.13. The van der Waals surface area contributed by atoms with Crippen LogP contribution in [-0.4, -0.2) is 29.3 Å². The average molecular weight is 351 g/mol. The molecule has 0 aliphatic heterocycles. The number of allylic oxidation sites excluding steroid dienone is 2. The van der Waals surface area contributed by atoms with Crippen molar-refractivity contribution >= 4 is 12.1 Å². The Morgan fingerprint density at radius 3 is 2.36 bits per heavy atom. The van der Waals surface area contributed by atoms with Gasteiger partial charge in [-0.1, -0.05) is 32.4 Å². The van der Waals surface area contributed by atoms with Gasteiger partial charge in [-0.15, -0.1) is 0 Å². The normalized spacial score (nSPS) is 30.0. The molecule has 1 fully saturated rings. The van der Waals surface area contributed by atoms with Gasteiger partial charge >= 0.3 is 12.1 Å². The summed E-state index contributed by atoms with van der Waals surface area (Å²) in [5.74, 6) is -0.597. The van der Waals surface area contributed by atoms with Crippen molar-refractivity contribution in [1.29, 1.82) is 0 Å². The fourth-order valence-electron chi connectivity index (χ4n) is 4.98. The van der Waals surface area contributed by atoms with Crippen LogP contribution in [0.2, 0.25) is 0 Å². The first-order chi connectivity index (χ1) is 11.3. The zero-order valence-electron chi connectivity index (χ0n) is 16.6. The van der Waals surface area contributed by atoms with Crippen molar-refractivity contribution in [3.63, 3.8) is 0 Å². The van der Waals surface area contributed by atoms with Crippen LogP contribution < -0.4 is 5.32 Å². The summed E-state index contributed by atoms with van der Waals surface area (Å²) in [5.41, 5.74) is -0.0909. The van der Waals surface area contributed by atoms with Crippen LogP contribution in [0.5, 0.6) is 0 Å². The number of carbonyl (C=O) groups is 2. The second kappa shape index (κ2) is 6.33. The van der Waals surface area contributed by atoms with Crippen molar-refractivity contribution < 1.29 is 19.4 Å². The molecule has 4 atom stereocenters. The standard InChI is InChI=1S/C20H33NO4/c1-12-8-13-10-20(14(13)9-12,15(16(22)23)18(2,3)4)11-21-17(24)25-19(5,6)7/h9,13-15H,8,10-11H2,1-7H3,(H,21,24)(H,22,23)/t13-,14-,15?,20+/m1/s1. The first-order valence-electron chi connectivity index (χ1n) is 9.13. The summed E-state index contributed by atoms with van der Waals surface area (Å²) in [7, 11) is 0. The molecule has 2 aliphatic carbocycles. The van der Waals surface area contributed by atoms with Crippen LogP contribution in [0.4, 0.5) is 4.79 Å². The van der Waals surface area contributed by atoms with Gasteiger partial charge in [0, 0.05) is 12.0 Å². The van der Waals surface area contributed by atoms with Gasteiger partial charge in [0.1, 0.15) is 5.60 Å². The number of carbonyl (C=O) groups excluding carboxylic acids is 1. The van der Waals surface area contributed by atoms with E-state index in [2.05, 4.69) is 18.3 Å². The van der Waals surface area contributed by atoms with Gasteiger partial charge in [-0.25, -0.2) is 4.79 Å². The molecule has 0 aromatic heterocycles. The minimum absolute atomic E-state index is 0.211. The Labute approximate surface area is 151 Å². The largest absolute Gasteiger partial charge is 0.481 e. The molecular weight excluding hydrogens is 318 g/mol. The predicted molar refractivity (Wildman–Crippen MR) is 97.2 cm³/mol. The van der Waals surface area contributed by atoms with E-state index in [-0.39, 0.29) is 5.92 Å². The van der Waals surface area contributed by atoms with E-state index in [9.17, 15) is 14.7 Å². The van der Waals surface area contributed by atoms with Crippen LogP contribution in [-0.2, 0) is 9.53 Å². The number of hydrogen-bond donors (Lipinski definition) is 2. The molecule has 25 heavy (non-hydrogen) atoms. The van der Waals surface area contributed by atoms with E-state index in [1.807, 2.05) is 41.5 Å². The summed E-state index contributed by atoms with van der Waals surface area (Å²) in [6.07, 6.45) is 3.62. The molecule has 0 radical (unpaired) electrons. The number of hydrogen-bond acceptors (Lipinski definition) is 3. The second-order valence-electron chi connectivity index (χ2n) is 9.93. The van der Waals surface area contributed by atoms with Gasteiger partial charge < -0.3 is 15.2 Å². The smallest absolute Gasteiger partial charge is 0.407 e. The molecule has 2 N–H and O–H groups in total. The number of amides is 1. The summed E-state index contributed by atoms with van der Waals surface area (Å²) in [6, 6.07) is 0. The van der Waals surface area contributed by atoms with Gasteiger partial charge in [0.15, 0.2) is 0 Å². The van der Waals surface area contributed by atoms with E-state index in [0.717, 1.165) is 12.8 Å². The van der Waals surface area contributed by atoms with Crippen LogP contribution >= 0.6 is 0 Å². The number of carboxylic acid groups (broad SMARTS) is 1. The molecule has 1 unspecified atom stereocenters. The molecule has 142 valence electrons. The van der Waals surface area contributed by atoms with Crippen molar-refractivity contribution in [3.8, 4) is 0 Å². The van der Waals surface area contributed by atoms with E-state index < -0.39 is 34.4 Å². The van der Waals surface area contributed by atoms with Crippen LogP contribution in [0.3, 0.4) is 0 Å². The van der Waals surface area contributed by atoms with E-state index >= 15 is 0 Å². The maximum Gasteiger partial charge on any atom is 0.407 e. The number of aliphatic carboxylic acids is 1. The lowest BCUT2D eigenvalue weighted by molar-refractivity contribution is -0.167. The van der Waals surface area contributed by atoms with E-state index in [4.69, 9.17) is 4.74 Å². The van der Waals surface area contributed by atoms with Crippen molar-refractivity contribution in [2.45, 2.75) is 66.9 Å². The minimum atomic E-state index is -0.783. The molecular formula is C20H33NO4. The predicted octanol–water partition coefficient (Wildman–Crippen LogP) is 4.23. The maximum absolute atomic E-state index is 12.2. The van der Waals surface area contributed by atoms with E-state index in [0.29, 0.717) is 12.5 Å². The third-order valence-electron chi connectivity index (χ3n) is 5.51. The number of ether oxygens (including phenoxy) is 1. The molecule has 2 rings (SSSR count). The van der Waals surface area contributed by atoms with Crippen molar-refractivity contribution in [1.82, 2.24) is 5.32 Å². The Hall–Kier alpha value is -1.52. The number of fused-ring (bicyclic) bond motifs is 1. The molecule has 1 amide bonds. The fourth-order valence-corrected chi connectivity index (χ4v) is 4.98. The highest BCUT2D eigenvalue weighted by molar-refractivity contribution is 5.73. The molecule has 1 saturated carbocycles. The summed E-state index contributed by atoms with van der Waals surface area (Å²) < 4.78 is 5.35.